The van der Waals surface area contributed by atoms with E-state index in [-0.39, 0.29) is 0 Å². The predicted octanol–water partition coefficient (Wildman–Crippen LogP) is 2.59. The Balaban J connectivity index is 1.81. The fraction of sp³-hybridized carbons (Fsp3) is 0.462. The summed E-state index contributed by atoms with van der Waals surface area (Å²) in [6, 6.07) is 2.49. The molecular weight excluding hydrogens is 306 g/mol. The van der Waals surface area contributed by atoms with Crippen LogP contribution in [0.15, 0.2) is 29.4 Å². The molecule has 5 nitrogen and oxygen atoms in total. The Kier molecular flexibility index (Phi) is 3.50. The summed E-state index contributed by atoms with van der Waals surface area (Å²) in [5.41, 5.74) is 1.17. The molecule has 1 fully saturated rings. The number of aromatic nitrogens is 4. The van der Waals surface area contributed by atoms with E-state index in [1.165, 1.54) is 5.56 Å². The second-order valence-electron chi connectivity index (χ2n) is 4.94. The number of anilines is 1. The van der Waals surface area contributed by atoms with Crippen molar-refractivity contribution in [3.05, 3.63) is 35.0 Å². The molecule has 0 saturated carbocycles. The first kappa shape index (κ1) is 12.6. The van der Waals surface area contributed by atoms with Gasteiger partial charge in [-0.05, 0) is 47.3 Å². The van der Waals surface area contributed by atoms with Crippen LogP contribution in [0.5, 0.6) is 0 Å². The Labute approximate surface area is 120 Å². The normalized spacial score (nSPS) is 19.7. The van der Waals surface area contributed by atoms with Crippen LogP contribution in [0.1, 0.15) is 24.4 Å². The number of pyridine rings is 1. The van der Waals surface area contributed by atoms with Crippen molar-refractivity contribution >= 4 is 21.7 Å². The molecule has 0 radical (unpaired) electrons. The molecule has 3 rings (SSSR count). The molecule has 0 amide bonds. The van der Waals surface area contributed by atoms with Crippen LogP contribution in [-0.2, 0) is 0 Å². The van der Waals surface area contributed by atoms with Gasteiger partial charge in [0.15, 0.2) is 0 Å². The minimum absolute atomic E-state index is 0.381. The lowest BCUT2D eigenvalue weighted by Crippen LogP contribution is -2.37. The van der Waals surface area contributed by atoms with Crippen LogP contribution in [0.25, 0.3) is 0 Å². The van der Waals surface area contributed by atoms with E-state index in [0.29, 0.717) is 6.04 Å². The number of rotatable bonds is 2. The van der Waals surface area contributed by atoms with Gasteiger partial charge in [-0.1, -0.05) is 0 Å². The van der Waals surface area contributed by atoms with E-state index in [9.17, 15) is 0 Å². The zero-order valence-electron chi connectivity index (χ0n) is 10.8. The molecule has 2 aromatic heterocycles. The quantitative estimate of drug-likeness (QED) is 0.853. The smallest absolute Gasteiger partial charge is 0.142 e. The molecular formula is C13H16BrN5. The number of hydrogen-bond donors (Lipinski definition) is 0. The third-order valence-electron chi connectivity index (χ3n) is 3.47. The van der Waals surface area contributed by atoms with E-state index in [1.807, 2.05) is 10.9 Å². The van der Waals surface area contributed by atoms with Crippen LogP contribution < -0.4 is 4.90 Å². The Morgan fingerprint density at radius 1 is 1.42 bits per heavy atom. The van der Waals surface area contributed by atoms with Crippen LogP contribution in [0.3, 0.4) is 0 Å². The standard InChI is InChI=1S/C13H16BrN5/c1-10-5-12(14)13(16-6-10)18-4-2-3-11(7-18)19-9-15-8-17-19/h5-6,8-9,11H,2-4,7H2,1H3/t11-/m1/s1. The van der Waals surface area contributed by atoms with Gasteiger partial charge in [-0.2, -0.15) is 5.10 Å². The summed E-state index contributed by atoms with van der Waals surface area (Å²) < 4.78 is 3.01. The van der Waals surface area contributed by atoms with Crippen molar-refractivity contribution in [1.82, 2.24) is 19.7 Å². The monoisotopic (exact) mass is 321 g/mol. The second kappa shape index (κ2) is 5.28. The maximum absolute atomic E-state index is 4.55. The second-order valence-corrected chi connectivity index (χ2v) is 5.79. The first-order valence-electron chi connectivity index (χ1n) is 6.45. The summed E-state index contributed by atoms with van der Waals surface area (Å²) in [7, 11) is 0. The van der Waals surface area contributed by atoms with Crippen molar-refractivity contribution in [2.24, 2.45) is 0 Å². The average molecular weight is 322 g/mol. The Morgan fingerprint density at radius 3 is 3.05 bits per heavy atom. The van der Waals surface area contributed by atoms with Gasteiger partial charge in [-0.25, -0.2) is 14.6 Å². The number of aryl methyl sites for hydroxylation is 1. The average Bonchev–Trinajstić information content (AvgIpc) is 2.93. The lowest BCUT2D eigenvalue weighted by Gasteiger charge is -2.34. The zero-order valence-corrected chi connectivity index (χ0v) is 12.4. The molecule has 0 N–H and O–H groups in total. The van der Waals surface area contributed by atoms with Crippen molar-refractivity contribution in [2.45, 2.75) is 25.8 Å². The molecule has 2 aromatic rings. The molecule has 6 heteroatoms. The summed E-state index contributed by atoms with van der Waals surface area (Å²) in [5.74, 6) is 1.02. The minimum atomic E-state index is 0.381. The SMILES string of the molecule is Cc1cnc(N2CCC[C@@H](n3cncn3)C2)c(Br)c1. The fourth-order valence-corrected chi connectivity index (χ4v) is 3.24. The van der Waals surface area contributed by atoms with Gasteiger partial charge in [0.25, 0.3) is 0 Å². The molecule has 0 aromatic carbocycles. The van der Waals surface area contributed by atoms with E-state index in [4.69, 9.17) is 0 Å². The van der Waals surface area contributed by atoms with Crippen LogP contribution in [-0.4, -0.2) is 32.8 Å². The van der Waals surface area contributed by atoms with Gasteiger partial charge in [0.05, 0.1) is 10.5 Å². The molecule has 1 saturated heterocycles. The topological polar surface area (TPSA) is 46.8 Å². The van der Waals surface area contributed by atoms with Crippen molar-refractivity contribution in [2.75, 3.05) is 18.0 Å². The highest BCUT2D eigenvalue weighted by molar-refractivity contribution is 9.10. The van der Waals surface area contributed by atoms with E-state index >= 15 is 0 Å². The maximum atomic E-state index is 4.55. The summed E-state index contributed by atoms with van der Waals surface area (Å²) in [6.07, 6.45) is 7.60. The summed E-state index contributed by atoms with van der Waals surface area (Å²) in [4.78, 5) is 10.9. The van der Waals surface area contributed by atoms with Gasteiger partial charge in [-0.15, -0.1) is 0 Å². The fourth-order valence-electron chi connectivity index (χ4n) is 2.53. The largest absolute Gasteiger partial charge is 0.354 e. The first-order chi connectivity index (χ1) is 9.24. The molecule has 0 bridgehead atoms. The predicted molar refractivity (Wildman–Crippen MR) is 77.2 cm³/mol. The van der Waals surface area contributed by atoms with E-state index in [1.54, 1.807) is 12.7 Å². The maximum Gasteiger partial charge on any atom is 0.142 e. The number of piperidine rings is 1. The van der Waals surface area contributed by atoms with Crippen LogP contribution in [0.4, 0.5) is 5.82 Å². The summed E-state index contributed by atoms with van der Waals surface area (Å²) in [6.45, 7) is 4.02. The van der Waals surface area contributed by atoms with Crippen molar-refractivity contribution in [1.29, 1.82) is 0 Å². The van der Waals surface area contributed by atoms with Gasteiger partial charge in [0, 0.05) is 19.3 Å². The molecule has 100 valence electrons. The van der Waals surface area contributed by atoms with Crippen LogP contribution >= 0.6 is 15.9 Å². The van der Waals surface area contributed by atoms with Crippen LogP contribution in [0, 0.1) is 6.92 Å². The third-order valence-corrected chi connectivity index (χ3v) is 4.05. The first-order valence-corrected chi connectivity index (χ1v) is 7.24. The number of hydrogen-bond acceptors (Lipinski definition) is 4. The zero-order chi connectivity index (χ0) is 13.2. The number of halogens is 1. The van der Waals surface area contributed by atoms with Gasteiger partial charge in [0.1, 0.15) is 18.5 Å². The van der Waals surface area contributed by atoms with Gasteiger partial charge in [-0.3, -0.25) is 0 Å². The lowest BCUT2D eigenvalue weighted by molar-refractivity contribution is 0.374. The Hall–Kier alpha value is -1.43. The lowest BCUT2D eigenvalue weighted by atomic mass is 10.1. The Morgan fingerprint density at radius 2 is 2.32 bits per heavy atom. The summed E-state index contributed by atoms with van der Waals surface area (Å²) >= 11 is 3.61. The minimum Gasteiger partial charge on any atom is -0.354 e. The molecule has 1 aliphatic heterocycles. The molecule has 19 heavy (non-hydrogen) atoms. The van der Waals surface area contributed by atoms with E-state index < -0.39 is 0 Å². The molecule has 1 atom stereocenters. The molecule has 0 spiro atoms. The number of nitrogens with zero attached hydrogens (tertiary/aromatic N) is 5. The molecule has 3 heterocycles. The third kappa shape index (κ3) is 2.63. The van der Waals surface area contributed by atoms with Crippen molar-refractivity contribution in [3.63, 3.8) is 0 Å². The highest BCUT2D eigenvalue weighted by Crippen LogP contribution is 2.29. The Bertz CT molecular complexity index is 554. The molecule has 1 aliphatic rings. The van der Waals surface area contributed by atoms with Crippen molar-refractivity contribution < 1.29 is 0 Å². The summed E-state index contributed by atoms with van der Waals surface area (Å²) in [5, 5.41) is 4.25. The molecule has 0 aliphatic carbocycles. The van der Waals surface area contributed by atoms with Gasteiger partial charge >= 0.3 is 0 Å². The van der Waals surface area contributed by atoms with E-state index in [2.05, 4.69) is 48.9 Å². The van der Waals surface area contributed by atoms with Crippen molar-refractivity contribution in [3.8, 4) is 0 Å². The van der Waals surface area contributed by atoms with Gasteiger partial charge in [0.2, 0.25) is 0 Å². The van der Waals surface area contributed by atoms with Crippen LogP contribution in [0.2, 0.25) is 0 Å². The highest BCUT2D eigenvalue weighted by atomic mass is 79.9. The van der Waals surface area contributed by atoms with E-state index in [0.717, 1.165) is 36.2 Å². The van der Waals surface area contributed by atoms with Gasteiger partial charge < -0.3 is 4.90 Å². The highest BCUT2D eigenvalue weighted by Gasteiger charge is 2.23. The molecule has 0 unspecified atom stereocenters.